The molecule has 4 rings (SSSR count). The molecule has 6 nitrogen and oxygen atoms in total. The van der Waals surface area contributed by atoms with Crippen molar-refractivity contribution in [2.75, 3.05) is 0 Å². The van der Waals surface area contributed by atoms with Gasteiger partial charge in [-0.2, -0.15) is 4.80 Å². The van der Waals surface area contributed by atoms with E-state index < -0.39 is 0 Å². The van der Waals surface area contributed by atoms with Gasteiger partial charge in [-0.25, -0.2) is 9.37 Å². The van der Waals surface area contributed by atoms with Crippen LogP contribution >= 0.6 is 0 Å². The Labute approximate surface area is 136 Å². The maximum Gasteiger partial charge on any atom is 0.218 e. The maximum atomic E-state index is 13.0. The van der Waals surface area contributed by atoms with Gasteiger partial charge in [0.1, 0.15) is 12.4 Å². The van der Waals surface area contributed by atoms with Gasteiger partial charge >= 0.3 is 0 Å². The van der Waals surface area contributed by atoms with Crippen molar-refractivity contribution in [3.63, 3.8) is 0 Å². The van der Waals surface area contributed by atoms with Gasteiger partial charge < -0.3 is 4.42 Å². The largest absolute Gasteiger partial charge is 0.439 e. The van der Waals surface area contributed by atoms with Crippen molar-refractivity contribution >= 4 is 0 Å². The molecule has 2 aromatic carbocycles. The van der Waals surface area contributed by atoms with Crippen molar-refractivity contribution in [1.82, 2.24) is 25.2 Å². The molecule has 4 aromatic rings. The smallest absolute Gasteiger partial charge is 0.218 e. The number of nitrogens with zero attached hydrogens (tertiary/aromatic N) is 5. The van der Waals surface area contributed by atoms with Crippen molar-refractivity contribution in [3.8, 4) is 22.7 Å². The Morgan fingerprint density at radius 1 is 0.958 bits per heavy atom. The lowest BCUT2D eigenvalue weighted by atomic mass is 10.2. The van der Waals surface area contributed by atoms with E-state index in [0.29, 0.717) is 17.5 Å². The molecule has 0 aliphatic heterocycles. The summed E-state index contributed by atoms with van der Waals surface area (Å²) in [6.45, 7) is 0.265. The highest BCUT2D eigenvalue weighted by atomic mass is 19.1. The predicted octanol–water partition coefficient (Wildman–Crippen LogP) is 3.18. The molecule has 0 aliphatic carbocycles. The quantitative estimate of drug-likeness (QED) is 0.577. The predicted molar refractivity (Wildman–Crippen MR) is 84.3 cm³/mol. The maximum absolute atomic E-state index is 13.0. The van der Waals surface area contributed by atoms with Crippen molar-refractivity contribution in [2.45, 2.75) is 6.54 Å². The first kappa shape index (κ1) is 14.3. The summed E-state index contributed by atoms with van der Waals surface area (Å²) in [4.78, 5) is 5.62. The fourth-order valence-electron chi connectivity index (χ4n) is 2.26. The SMILES string of the molecule is Fc1ccc(-c2cnc(Cn3nnc(-c4ccccc4)n3)o2)cc1. The van der Waals surface area contributed by atoms with E-state index in [9.17, 15) is 4.39 Å². The summed E-state index contributed by atoms with van der Waals surface area (Å²) in [6, 6.07) is 15.6. The second-order valence-corrected chi connectivity index (χ2v) is 5.13. The highest BCUT2D eigenvalue weighted by molar-refractivity contribution is 5.56. The van der Waals surface area contributed by atoms with Gasteiger partial charge in [0.05, 0.1) is 6.20 Å². The van der Waals surface area contributed by atoms with Gasteiger partial charge in [0, 0.05) is 11.1 Å². The van der Waals surface area contributed by atoms with Crippen LogP contribution in [0.5, 0.6) is 0 Å². The van der Waals surface area contributed by atoms with Gasteiger partial charge in [0.15, 0.2) is 5.76 Å². The number of rotatable bonds is 4. The first-order chi connectivity index (χ1) is 11.8. The molecule has 0 atom stereocenters. The van der Waals surface area contributed by atoms with Gasteiger partial charge in [-0.1, -0.05) is 30.3 Å². The van der Waals surface area contributed by atoms with E-state index in [1.165, 1.54) is 16.9 Å². The van der Waals surface area contributed by atoms with E-state index in [-0.39, 0.29) is 12.4 Å². The molecule has 0 N–H and O–H groups in total. The fourth-order valence-corrected chi connectivity index (χ4v) is 2.26. The zero-order valence-corrected chi connectivity index (χ0v) is 12.5. The van der Waals surface area contributed by atoms with E-state index >= 15 is 0 Å². The van der Waals surface area contributed by atoms with Gasteiger partial charge in [0.25, 0.3) is 0 Å². The van der Waals surface area contributed by atoms with Crippen LogP contribution in [-0.2, 0) is 6.54 Å². The molecular weight excluding hydrogens is 309 g/mol. The lowest BCUT2D eigenvalue weighted by Gasteiger charge is -1.96. The Morgan fingerprint density at radius 2 is 1.75 bits per heavy atom. The average molecular weight is 321 g/mol. The van der Waals surface area contributed by atoms with Crippen molar-refractivity contribution in [3.05, 3.63) is 72.5 Å². The lowest BCUT2D eigenvalue weighted by molar-refractivity contribution is 0.446. The summed E-state index contributed by atoms with van der Waals surface area (Å²) in [5, 5.41) is 12.3. The normalized spacial score (nSPS) is 10.9. The molecule has 0 radical (unpaired) electrons. The molecule has 24 heavy (non-hydrogen) atoms. The molecule has 118 valence electrons. The standard InChI is InChI=1S/C17H12FN5O/c18-14-8-6-12(7-9-14)15-10-19-16(24-15)11-23-21-17(20-22-23)13-4-2-1-3-5-13/h1-10H,11H2. The monoisotopic (exact) mass is 321 g/mol. The first-order valence-corrected chi connectivity index (χ1v) is 7.32. The Kier molecular flexibility index (Phi) is 3.59. The van der Waals surface area contributed by atoms with E-state index in [0.717, 1.165) is 11.1 Å². The molecule has 0 bridgehead atoms. The molecule has 0 saturated heterocycles. The molecule has 0 fully saturated rings. The second kappa shape index (κ2) is 6.04. The number of halogens is 1. The minimum Gasteiger partial charge on any atom is -0.439 e. The van der Waals surface area contributed by atoms with Crippen LogP contribution in [0.25, 0.3) is 22.7 Å². The first-order valence-electron chi connectivity index (χ1n) is 7.32. The number of oxazole rings is 1. The summed E-state index contributed by atoms with van der Waals surface area (Å²) in [5.74, 6) is 1.26. The Balaban J connectivity index is 1.52. The number of hydrogen-bond donors (Lipinski definition) is 0. The Bertz CT molecular complexity index is 947. The van der Waals surface area contributed by atoms with Gasteiger partial charge in [-0.05, 0) is 29.5 Å². The molecule has 0 aliphatic rings. The van der Waals surface area contributed by atoms with Crippen LogP contribution in [-0.4, -0.2) is 25.2 Å². The van der Waals surface area contributed by atoms with Crippen LogP contribution in [0.4, 0.5) is 4.39 Å². The summed E-state index contributed by atoms with van der Waals surface area (Å²) >= 11 is 0. The van der Waals surface area contributed by atoms with Crippen molar-refractivity contribution < 1.29 is 8.81 Å². The van der Waals surface area contributed by atoms with Crippen LogP contribution in [0.3, 0.4) is 0 Å². The second-order valence-electron chi connectivity index (χ2n) is 5.13. The molecule has 0 saturated carbocycles. The molecule has 0 spiro atoms. The number of benzene rings is 2. The zero-order valence-electron chi connectivity index (χ0n) is 12.5. The molecule has 2 heterocycles. The zero-order chi connectivity index (χ0) is 16.4. The summed E-state index contributed by atoms with van der Waals surface area (Å²) in [6.07, 6.45) is 1.59. The molecule has 7 heteroatoms. The fraction of sp³-hybridized carbons (Fsp3) is 0.0588. The van der Waals surface area contributed by atoms with Crippen LogP contribution in [0, 0.1) is 5.82 Å². The topological polar surface area (TPSA) is 69.6 Å². The van der Waals surface area contributed by atoms with Crippen molar-refractivity contribution in [2.24, 2.45) is 0 Å². The summed E-state index contributed by atoms with van der Waals surface area (Å²) < 4.78 is 18.6. The molecule has 0 unspecified atom stereocenters. The third-order valence-electron chi connectivity index (χ3n) is 3.44. The van der Waals surface area contributed by atoms with E-state index in [1.54, 1.807) is 18.3 Å². The molecule has 2 aromatic heterocycles. The van der Waals surface area contributed by atoms with Gasteiger partial charge in [-0.3, -0.25) is 0 Å². The average Bonchev–Trinajstić information content (AvgIpc) is 3.27. The number of tetrazole rings is 1. The third kappa shape index (κ3) is 2.91. The van der Waals surface area contributed by atoms with E-state index in [2.05, 4.69) is 20.4 Å². The highest BCUT2D eigenvalue weighted by Crippen LogP contribution is 2.21. The van der Waals surface area contributed by atoms with Crippen molar-refractivity contribution in [1.29, 1.82) is 0 Å². The summed E-state index contributed by atoms with van der Waals surface area (Å²) in [5.41, 5.74) is 1.65. The number of hydrogen-bond acceptors (Lipinski definition) is 5. The minimum absolute atomic E-state index is 0.265. The minimum atomic E-state index is -0.293. The Morgan fingerprint density at radius 3 is 2.54 bits per heavy atom. The number of aromatic nitrogens is 5. The van der Waals surface area contributed by atoms with Crippen LogP contribution in [0.2, 0.25) is 0 Å². The van der Waals surface area contributed by atoms with Crippen LogP contribution in [0.1, 0.15) is 5.89 Å². The van der Waals surface area contributed by atoms with Crippen LogP contribution < -0.4 is 0 Å². The van der Waals surface area contributed by atoms with Gasteiger partial charge in [0.2, 0.25) is 11.7 Å². The Hall–Kier alpha value is -3.35. The molecule has 0 amide bonds. The van der Waals surface area contributed by atoms with Gasteiger partial charge in [-0.15, -0.1) is 10.2 Å². The van der Waals surface area contributed by atoms with E-state index in [4.69, 9.17) is 4.42 Å². The van der Waals surface area contributed by atoms with E-state index in [1.807, 2.05) is 30.3 Å². The third-order valence-corrected chi connectivity index (χ3v) is 3.44. The lowest BCUT2D eigenvalue weighted by Crippen LogP contribution is -2.04. The summed E-state index contributed by atoms with van der Waals surface area (Å²) in [7, 11) is 0. The highest BCUT2D eigenvalue weighted by Gasteiger charge is 2.10. The van der Waals surface area contributed by atoms with Crippen LogP contribution in [0.15, 0.2) is 65.2 Å². The molecular formula is C17H12FN5O.